The van der Waals surface area contributed by atoms with E-state index in [-0.39, 0.29) is 11.8 Å². The van der Waals surface area contributed by atoms with E-state index in [2.05, 4.69) is 30.3 Å². The minimum absolute atomic E-state index is 0.00276. The molecule has 4 rings (SSSR count). The highest BCUT2D eigenvalue weighted by Crippen LogP contribution is 2.23. The Morgan fingerprint density at radius 2 is 1.80 bits per heavy atom. The molecular weight excluding hydrogens is 386 g/mol. The summed E-state index contributed by atoms with van der Waals surface area (Å²) in [5, 5.41) is 8.65. The third kappa shape index (κ3) is 4.55. The van der Waals surface area contributed by atoms with Gasteiger partial charge in [-0.3, -0.25) is 0 Å². The van der Waals surface area contributed by atoms with Crippen LogP contribution in [-0.4, -0.2) is 38.1 Å². The van der Waals surface area contributed by atoms with Crippen LogP contribution >= 0.6 is 0 Å². The van der Waals surface area contributed by atoms with Crippen molar-refractivity contribution in [2.24, 2.45) is 10.3 Å². The second-order valence-electron chi connectivity index (χ2n) is 6.10. The summed E-state index contributed by atoms with van der Waals surface area (Å²) >= 11 is 0. The lowest BCUT2D eigenvalue weighted by molar-refractivity contribution is 0.161. The standard InChI is InChI=1S/C20H17N7O3/c1-27(20(28)30-15-10-6-3-7-11-15)26-25-19-23-17-16(21-13-22-17)18(24-19)29-12-14-8-4-2-5-9-14/h2-11,13H,12H2,1H3,(H,21,22,23,24)/b26-25+. The van der Waals surface area contributed by atoms with E-state index >= 15 is 0 Å². The zero-order chi connectivity index (χ0) is 20.8. The number of hydrogen-bond donors (Lipinski definition) is 1. The third-order valence-electron chi connectivity index (χ3n) is 3.94. The number of carbonyl (C=O) groups excluding carboxylic acids is 1. The molecule has 0 fully saturated rings. The van der Waals surface area contributed by atoms with Gasteiger partial charge in [-0.15, -0.1) is 0 Å². The van der Waals surface area contributed by atoms with E-state index in [9.17, 15) is 4.79 Å². The zero-order valence-electron chi connectivity index (χ0n) is 16.0. The van der Waals surface area contributed by atoms with Gasteiger partial charge >= 0.3 is 6.09 Å². The largest absolute Gasteiger partial charge is 0.471 e. The Morgan fingerprint density at radius 3 is 2.57 bits per heavy atom. The van der Waals surface area contributed by atoms with E-state index in [4.69, 9.17) is 9.47 Å². The second kappa shape index (κ2) is 8.78. The van der Waals surface area contributed by atoms with E-state index in [0.29, 0.717) is 23.5 Å². The van der Waals surface area contributed by atoms with Gasteiger partial charge in [0.25, 0.3) is 5.95 Å². The predicted octanol–water partition coefficient (Wildman–Crippen LogP) is 4.06. The summed E-state index contributed by atoms with van der Waals surface area (Å²) in [4.78, 5) is 27.6. The average Bonchev–Trinajstić information content (AvgIpc) is 3.26. The number of imidazole rings is 1. The molecule has 2 heterocycles. The summed E-state index contributed by atoms with van der Waals surface area (Å²) in [6, 6.07) is 18.3. The Kier molecular flexibility index (Phi) is 5.56. The van der Waals surface area contributed by atoms with Crippen molar-refractivity contribution >= 4 is 23.2 Å². The molecule has 0 spiro atoms. The first kappa shape index (κ1) is 19.0. The van der Waals surface area contributed by atoms with Crippen LogP contribution < -0.4 is 9.47 Å². The molecule has 4 aromatic rings. The van der Waals surface area contributed by atoms with Gasteiger partial charge in [-0.05, 0) is 17.7 Å². The van der Waals surface area contributed by atoms with Crippen molar-refractivity contribution in [1.82, 2.24) is 24.9 Å². The van der Waals surface area contributed by atoms with Gasteiger partial charge in [0.1, 0.15) is 17.9 Å². The fourth-order valence-electron chi connectivity index (χ4n) is 2.47. The number of benzene rings is 2. The SMILES string of the molecule is CN(/N=N/c1nc(OCc2ccccc2)c2[nH]cnc2n1)C(=O)Oc1ccccc1. The van der Waals surface area contributed by atoms with Crippen LogP contribution in [0.5, 0.6) is 11.6 Å². The van der Waals surface area contributed by atoms with Gasteiger partial charge in [0.05, 0.1) is 6.33 Å². The number of carbonyl (C=O) groups is 1. The lowest BCUT2D eigenvalue weighted by atomic mass is 10.2. The van der Waals surface area contributed by atoms with Gasteiger partial charge in [-0.2, -0.15) is 15.0 Å². The Morgan fingerprint density at radius 1 is 1.07 bits per heavy atom. The number of ether oxygens (including phenoxy) is 2. The van der Waals surface area contributed by atoms with Crippen molar-refractivity contribution in [3.63, 3.8) is 0 Å². The van der Waals surface area contributed by atoms with Crippen LogP contribution in [0.25, 0.3) is 11.2 Å². The smallest absolute Gasteiger partial charge is 0.436 e. The molecule has 1 N–H and O–H groups in total. The fraction of sp³-hybridized carbons (Fsp3) is 0.100. The summed E-state index contributed by atoms with van der Waals surface area (Å²) in [6.45, 7) is 0.311. The molecule has 1 amide bonds. The molecule has 0 saturated carbocycles. The van der Waals surface area contributed by atoms with Gasteiger partial charge in [0.2, 0.25) is 5.88 Å². The first-order valence-electron chi connectivity index (χ1n) is 8.99. The predicted molar refractivity (Wildman–Crippen MR) is 107 cm³/mol. The normalized spacial score (nSPS) is 11.0. The van der Waals surface area contributed by atoms with Gasteiger partial charge in [-0.25, -0.2) is 9.78 Å². The number of rotatable bonds is 6. The molecule has 10 nitrogen and oxygen atoms in total. The maximum Gasteiger partial charge on any atom is 0.436 e. The van der Waals surface area contributed by atoms with Gasteiger partial charge in [0, 0.05) is 7.05 Å². The average molecular weight is 403 g/mol. The highest BCUT2D eigenvalue weighted by molar-refractivity contribution is 5.76. The maximum atomic E-state index is 12.1. The van der Waals surface area contributed by atoms with Crippen molar-refractivity contribution in [1.29, 1.82) is 0 Å². The van der Waals surface area contributed by atoms with Crippen molar-refractivity contribution in [2.45, 2.75) is 6.61 Å². The highest BCUT2D eigenvalue weighted by atomic mass is 16.6. The summed E-state index contributed by atoms with van der Waals surface area (Å²) in [7, 11) is 1.41. The van der Waals surface area contributed by atoms with Crippen LogP contribution in [0.2, 0.25) is 0 Å². The molecule has 2 aromatic heterocycles. The molecule has 0 aliphatic heterocycles. The summed E-state index contributed by atoms with van der Waals surface area (Å²) < 4.78 is 11.0. The summed E-state index contributed by atoms with van der Waals surface area (Å²) in [5.74, 6) is 0.678. The molecule has 0 bridgehead atoms. The third-order valence-corrected chi connectivity index (χ3v) is 3.94. The number of H-pyrrole nitrogens is 1. The molecule has 0 atom stereocenters. The monoisotopic (exact) mass is 403 g/mol. The molecule has 0 aliphatic carbocycles. The molecule has 0 aliphatic rings. The van der Waals surface area contributed by atoms with Gasteiger partial charge < -0.3 is 14.5 Å². The molecule has 30 heavy (non-hydrogen) atoms. The van der Waals surface area contributed by atoms with Crippen LogP contribution in [0.3, 0.4) is 0 Å². The lowest BCUT2D eigenvalue weighted by Gasteiger charge is -2.09. The number of fused-ring (bicyclic) bond motifs is 1. The molecule has 10 heteroatoms. The Bertz CT molecular complexity index is 1160. The van der Waals surface area contributed by atoms with E-state index in [1.807, 2.05) is 36.4 Å². The topological polar surface area (TPSA) is 118 Å². The molecular formula is C20H17N7O3. The van der Waals surface area contributed by atoms with E-state index in [1.165, 1.54) is 13.4 Å². The quantitative estimate of drug-likeness (QED) is 0.383. The van der Waals surface area contributed by atoms with Crippen LogP contribution in [0, 0.1) is 0 Å². The Hall–Kier alpha value is -4.34. The summed E-state index contributed by atoms with van der Waals surface area (Å²) in [5.41, 5.74) is 1.90. The lowest BCUT2D eigenvalue weighted by Crippen LogP contribution is -2.24. The highest BCUT2D eigenvalue weighted by Gasteiger charge is 2.13. The van der Waals surface area contributed by atoms with Crippen molar-refractivity contribution in [3.8, 4) is 11.6 Å². The number of aromatic nitrogens is 4. The number of nitrogens with one attached hydrogen (secondary N) is 1. The van der Waals surface area contributed by atoms with Crippen molar-refractivity contribution in [3.05, 3.63) is 72.6 Å². The fourth-order valence-corrected chi connectivity index (χ4v) is 2.47. The van der Waals surface area contributed by atoms with E-state index < -0.39 is 6.09 Å². The van der Waals surface area contributed by atoms with Crippen LogP contribution in [0.15, 0.2) is 77.3 Å². The van der Waals surface area contributed by atoms with Crippen molar-refractivity contribution in [2.75, 3.05) is 7.05 Å². The van der Waals surface area contributed by atoms with Crippen LogP contribution in [0.4, 0.5) is 10.7 Å². The van der Waals surface area contributed by atoms with Gasteiger partial charge in [0.15, 0.2) is 5.65 Å². The number of para-hydroxylation sites is 1. The van der Waals surface area contributed by atoms with Crippen molar-refractivity contribution < 1.29 is 14.3 Å². The number of nitrogens with zero attached hydrogens (tertiary/aromatic N) is 6. The number of hydrogen-bond acceptors (Lipinski definition) is 8. The first-order chi connectivity index (χ1) is 14.7. The molecule has 0 unspecified atom stereocenters. The van der Waals surface area contributed by atoms with Crippen LogP contribution in [0.1, 0.15) is 5.56 Å². The number of aromatic amines is 1. The second-order valence-corrected chi connectivity index (χ2v) is 6.10. The molecule has 2 aromatic carbocycles. The zero-order valence-corrected chi connectivity index (χ0v) is 16.0. The molecule has 150 valence electrons. The summed E-state index contributed by atoms with van der Waals surface area (Å²) in [6.07, 6.45) is 0.783. The van der Waals surface area contributed by atoms with Gasteiger partial charge in [-0.1, -0.05) is 58.9 Å². The molecule has 0 saturated heterocycles. The van der Waals surface area contributed by atoms with Crippen LogP contribution in [-0.2, 0) is 6.61 Å². The Labute approximate surface area is 171 Å². The Balaban J connectivity index is 1.48. The number of amides is 1. The minimum atomic E-state index is -0.702. The van der Waals surface area contributed by atoms with E-state index in [1.54, 1.807) is 24.3 Å². The van der Waals surface area contributed by atoms with E-state index in [0.717, 1.165) is 10.6 Å². The first-order valence-corrected chi connectivity index (χ1v) is 8.99. The maximum absolute atomic E-state index is 12.1. The molecule has 0 radical (unpaired) electrons. The minimum Gasteiger partial charge on any atom is -0.471 e.